The van der Waals surface area contributed by atoms with Crippen LogP contribution in [0, 0.1) is 5.92 Å². The third-order valence-electron chi connectivity index (χ3n) is 3.33. The molecule has 0 spiro atoms. The van der Waals surface area contributed by atoms with Gasteiger partial charge in [0.15, 0.2) is 11.5 Å². The van der Waals surface area contributed by atoms with Crippen molar-refractivity contribution >= 4 is 11.8 Å². The summed E-state index contributed by atoms with van der Waals surface area (Å²) in [6, 6.07) is 3.91. The van der Waals surface area contributed by atoms with Gasteiger partial charge in [0.2, 0.25) is 5.91 Å². The number of likely N-dealkylation sites (tertiary alicyclic amines) is 1. The quantitative estimate of drug-likeness (QED) is 0.674. The summed E-state index contributed by atoms with van der Waals surface area (Å²) in [6.45, 7) is 0.861. The number of aromatic hydroxyl groups is 2. The molecule has 1 unspecified atom stereocenters. The second-order valence-electron chi connectivity index (χ2n) is 4.70. The standard InChI is InChI=1S/C13H16N2O4/c14-12(18)9-2-1-5-15(7-9)13(19)8-3-4-10(16)11(17)6-8/h3-4,6,9,16-17H,1-2,5,7H2,(H2,14,18). The molecule has 1 aliphatic heterocycles. The van der Waals surface area contributed by atoms with Gasteiger partial charge in [0, 0.05) is 18.7 Å². The molecule has 1 atom stereocenters. The van der Waals surface area contributed by atoms with Gasteiger partial charge in [-0.25, -0.2) is 0 Å². The maximum atomic E-state index is 12.2. The van der Waals surface area contributed by atoms with Gasteiger partial charge in [0.25, 0.3) is 5.91 Å². The third-order valence-corrected chi connectivity index (χ3v) is 3.33. The number of carbonyl (C=O) groups is 2. The number of piperidine rings is 1. The first kappa shape index (κ1) is 13.2. The number of benzene rings is 1. The van der Waals surface area contributed by atoms with Crippen LogP contribution in [-0.4, -0.2) is 40.0 Å². The lowest BCUT2D eigenvalue weighted by Gasteiger charge is -2.31. The second-order valence-corrected chi connectivity index (χ2v) is 4.70. The molecule has 0 radical (unpaired) electrons. The number of hydrogen-bond donors (Lipinski definition) is 3. The lowest BCUT2D eigenvalue weighted by molar-refractivity contribution is -0.123. The van der Waals surface area contributed by atoms with Gasteiger partial charge in [0.05, 0.1) is 5.92 Å². The first-order valence-corrected chi connectivity index (χ1v) is 6.09. The highest BCUT2D eigenvalue weighted by molar-refractivity contribution is 5.95. The number of hydrogen-bond acceptors (Lipinski definition) is 4. The summed E-state index contributed by atoms with van der Waals surface area (Å²) in [5.41, 5.74) is 5.54. The lowest BCUT2D eigenvalue weighted by atomic mass is 9.97. The zero-order valence-electron chi connectivity index (χ0n) is 10.4. The van der Waals surface area contributed by atoms with Gasteiger partial charge in [-0.1, -0.05) is 0 Å². The maximum absolute atomic E-state index is 12.2. The molecule has 4 N–H and O–H groups in total. The molecule has 6 heteroatoms. The van der Waals surface area contributed by atoms with Crippen molar-refractivity contribution in [3.63, 3.8) is 0 Å². The maximum Gasteiger partial charge on any atom is 0.254 e. The molecule has 6 nitrogen and oxygen atoms in total. The summed E-state index contributed by atoms with van der Waals surface area (Å²) < 4.78 is 0. The minimum atomic E-state index is -0.397. The minimum absolute atomic E-state index is 0.273. The topological polar surface area (TPSA) is 104 Å². The van der Waals surface area contributed by atoms with Crippen LogP contribution in [0.15, 0.2) is 18.2 Å². The van der Waals surface area contributed by atoms with Crippen LogP contribution in [0.25, 0.3) is 0 Å². The van der Waals surface area contributed by atoms with Crippen LogP contribution in [0.2, 0.25) is 0 Å². The molecule has 0 aromatic heterocycles. The lowest BCUT2D eigenvalue weighted by Crippen LogP contribution is -2.44. The van der Waals surface area contributed by atoms with E-state index in [0.29, 0.717) is 19.5 Å². The molecule has 1 saturated heterocycles. The van der Waals surface area contributed by atoms with Gasteiger partial charge in [-0.05, 0) is 31.0 Å². The molecule has 19 heavy (non-hydrogen) atoms. The van der Waals surface area contributed by atoms with Gasteiger partial charge < -0.3 is 20.8 Å². The molecular formula is C13H16N2O4. The van der Waals surface area contributed by atoms with E-state index >= 15 is 0 Å². The van der Waals surface area contributed by atoms with E-state index in [9.17, 15) is 19.8 Å². The van der Waals surface area contributed by atoms with Crippen molar-refractivity contribution in [2.75, 3.05) is 13.1 Å². The Labute approximate surface area is 110 Å². The smallest absolute Gasteiger partial charge is 0.254 e. The average molecular weight is 264 g/mol. The first-order valence-electron chi connectivity index (χ1n) is 6.09. The summed E-state index contributed by atoms with van der Waals surface area (Å²) in [7, 11) is 0. The number of carbonyl (C=O) groups excluding carboxylic acids is 2. The van der Waals surface area contributed by atoms with Crippen LogP contribution in [0.5, 0.6) is 11.5 Å². The minimum Gasteiger partial charge on any atom is -0.504 e. The number of amides is 2. The molecule has 0 aliphatic carbocycles. The van der Waals surface area contributed by atoms with Crippen molar-refractivity contribution < 1.29 is 19.8 Å². The number of primary amides is 1. The van der Waals surface area contributed by atoms with E-state index in [2.05, 4.69) is 0 Å². The Morgan fingerprint density at radius 1 is 1.26 bits per heavy atom. The van der Waals surface area contributed by atoms with E-state index in [-0.39, 0.29) is 28.9 Å². The Morgan fingerprint density at radius 3 is 2.63 bits per heavy atom. The largest absolute Gasteiger partial charge is 0.504 e. The van der Waals surface area contributed by atoms with Crippen molar-refractivity contribution in [1.29, 1.82) is 0 Å². The fourth-order valence-electron chi connectivity index (χ4n) is 2.23. The van der Waals surface area contributed by atoms with Crippen molar-refractivity contribution in [3.05, 3.63) is 23.8 Å². The number of nitrogens with two attached hydrogens (primary N) is 1. The molecule has 0 saturated carbocycles. The molecule has 0 bridgehead atoms. The van der Waals surface area contributed by atoms with Crippen LogP contribution in [0.4, 0.5) is 0 Å². The SMILES string of the molecule is NC(=O)C1CCCN(C(=O)c2ccc(O)c(O)c2)C1. The Kier molecular flexibility index (Phi) is 3.59. The van der Waals surface area contributed by atoms with E-state index in [4.69, 9.17) is 5.73 Å². The Hall–Kier alpha value is -2.24. The molecule has 1 aromatic rings. The number of phenols is 2. The first-order chi connectivity index (χ1) is 8.99. The normalized spacial score (nSPS) is 19.2. The van der Waals surface area contributed by atoms with Crippen LogP contribution >= 0.6 is 0 Å². The molecular weight excluding hydrogens is 248 g/mol. The summed E-state index contributed by atoms with van der Waals surface area (Å²) in [6.07, 6.45) is 1.42. The summed E-state index contributed by atoms with van der Waals surface area (Å²) in [5, 5.41) is 18.6. The van der Waals surface area contributed by atoms with Crippen molar-refractivity contribution in [2.45, 2.75) is 12.8 Å². The highest BCUT2D eigenvalue weighted by Crippen LogP contribution is 2.26. The Morgan fingerprint density at radius 2 is 2.00 bits per heavy atom. The fraction of sp³-hybridized carbons (Fsp3) is 0.385. The summed E-state index contributed by atoms with van der Waals surface area (Å²) >= 11 is 0. The molecule has 1 heterocycles. The Balaban J connectivity index is 2.14. The molecule has 1 aromatic carbocycles. The zero-order chi connectivity index (χ0) is 14.0. The Bertz CT molecular complexity index is 515. The zero-order valence-corrected chi connectivity index (χ0v) is 10.4. The molecule has 2 rings (SSSR count). The van der Waals surface area contributed by atoms with Gasteiger partial charge >= 0.3 is 0 Å². The second kappa shape index (κ2) is 5.17. The number of phenolic OH excluding ortho intramolecular Hbond substituents is 2. The van der Waals surface area contributed by atoms with Crippen LogP contribution in [-0.2, 0) is 4.79 Å². The van der Waals surface area contributed by atoms with E-state index in [1.165, 1.54) is 18.2 Å². The van der Waals surface area contributed by atoms with E-state index in [1.54, 1.807) is 4.90 Å². The van der Waals surface area contributed by atoms with Crippen molar-refractivity contribution in [2.24, 2.45) is 11.7 Å². The van der Waals surface area contributed by atoms with E-state index in [0.717, 1.165) is 6.42 Å². The third kappa shape index (κ3) is 2.78. The summed E-state index contributed by atoms with van der Waals surface area (Å²) in [4.78, 5) is 24.9. The molecule has 1 aliphatic rings. The van der Waals surface area contributed by atoms with Crippen LogP contribution < -0.4 is 5.73 Å². The van der Waals surface area contributed by atoms with Gasteiger partial charge in [-0.2, -0.15) is 0 Å². The van der Waals surface area contributed by atoms with Gasteiger partial charge in [0.1, 0.15) is 0 Å². The van der Waals surface area contributed by atoms with E-state index in [1.807, 2.05) is 0 Å². The average Bonchev–Trinajstić information content (AvgIpc) is 2.41. The van der Waals surface area contributed by atoms with Crippen molar-refractivity contribution in [3.8, 4) is 11.5 Å². The predicted octanol–water partition coefficient (Wildman–Crippen LogP) is 0.435. The van der Waals surface area contributed by atoms with Gasteiger partial charge in [-0.3, -0.25) is 9.59 Å². The summed E-state index contributed by atoms with van der Waals surface area (Å²) in [5.74, 6) is -1.60. The number of rotatable bonds is 2. The van der Waals surface area contributed by atoms with Crippen LogP contribution in [0.3, 0.4) is 0 Å². The predicted molar refractivity (Wildman–Crippen MR) is 67.6 cm³/mol. The molecule has 102 valence electrons. The fourth-order valence-corrected chi connectivity index (χ4v) is 2.23. The number of nitrogens with zero attached hydrogens (tertiary/aromatic N) is 1. The monoisotopic (exact) mass is 264 g/mol. The highest BCUT2D eigenvalue weighted by atomic mass is 16.3. The highest BCUT2D eigenvalue weighted by Gasteiger charge is 2.27. The van der Waals surface area contributed by atoms with Crippen molar-refractivity contribution in [1.82, 2.24) is 4.90 Å². The molecule has 2 amide bonds. The van der Waals surface area contributed by atoms with Gasteiger partial charge in [-0.15, -0.1) is 0 Å². The van der Waals surface area contributed by atoms with Crippen LogP contribution in [0.1, 0.15) is 23.2 Å². The molecule has 1 fully saturated rings. The van der Waals surface area contributed by atoms with E-state index < -0.39 is 5.91 Å².